The number of piperidine rings is 1. The number of esters is 1. The van der Waals surface area contributed by atoms with Crippen LogP contribution in [0.2, 0.25) is 0 Å². The van der Waals surface area contributed by atoms with Crippen molar-refractivity contribution in [3.8, 4) is 16.9 Å². The van der Waals surface area contributed by atoms with E-state index in [1.807, 2.05) is 68.5 Å². The molecular weight excluding hydrogens is 1710 g/mol. The number of carbonyl (C=O) groups excluding carboxylic acids is 6. The number of nitrogen functional groups attached to an aromatic ring is 1. The summed E-state index contributed by atoms with van der Waals surface area (Å²) in [6.45, 7) is 17.6. The Morgan fingerprint density at radius 1 is 0.705 bits per heavy atom. The number of sulfone groups is 1. The molecule has 2 saturated heterocycles. The first kappa shape index (κ1) is 107. The van der Waals surface area contributed by atoms with Gasteiger partial charge < -0.3 is 119 Å². The lowest BCUT2D eigenvalue weighted by atomic mass is 9.80. The lowest BCUT2D eigenvalue weighted by Gasteiger charge is -2.43. The highest BCUT2D eigenvalue weighted by Gasteiger charge is 2.53. The van der Waals surface area contributed by atoms with Crippen molar-refractivity contribution < 1.29 is 128 Å². The Morgan fingerprint density at radius 2 is 1.35 bits per heavy atom. The first-order valence-corrected chi connectivity index (χ1v) is 47.1. The first-order chi connectivity index (χ1) is 61.8. The summed E-state index contributed by atoms with van der Waals surface area (Å²) in [5.74, 6) is -9.90. The van der Waals surface area contributed by atoms with E-state index in [1.54, 1.807) is 60.3 Å². The molecule has 2 aromatic carbocycles. The lowest BCUT2D eigenvalue weighted by molar-refractivity contribution is -0.265. The number of rotatable bonds is 39. The van der Waals surface area contributed by atoms with Gasteiger partial charge in [0.05, 0.1) is 142 Å². The number of fused-ring (bicyclic) bond motifs is 4. The van der Waals surface area contributed by atoms with Gasteiger partial charge in [0, 0.05) is 106 Å². The highest BCUT2D eigenvalue weighted by atomic mass is 32.2. The molecule has 3 fully saturated rings. The van der Waals surface area contributed by atoms with Crippen molar-refractivity contribution in [1.29, 1.82) is 0 Å². The second kappa shape index (κ2) is 55.1. The van der Waals surface area contributed by atoms with Crippen LogP contribution in [0.5, 0.6) is 5.75 Å². The van der Waals surface area contributed by atoms with Gasteiger partial charge in [0.1, 0.15) is 59.3 Å². The van der Waals surface area contributed by atoms with E-state index in [0.717, 1.165) is 33.2 Å². The fourth-order valence-electron chi connectivity index (χ4n) is 16.3. The minimum atomic E-state index is -4.19. The Balaban J connectivity index is 0.640. The van der Waals surface area contributed by atoms with Crippen molar-refractivity contribution in [3.05, 3.63) is 119 Å². The minimum absolute atomic E-state index is 0.0217. The number of ether oxygens (including phenoxy) is 14. The van der Waals surface area contributed by atoms with Crippen LogP contribution in [0.4, 0.5) is 10.2 Å². The molecule has 33 nitrogen and oxygen atoms in total. The zero-order chi connectivity index (χ0) is 93.6. The molecule has 5 heterocycles. The van der Waals surface area contributed by atoms with Crippen LogP contribution in [0.3, 0.4) is 0 Å². The van der Waals surface area contributed by atoms with Gasteiger partial charge in [-0.3, -0.25) is 24.0 Å². The summed E-state index contributed by atoms with van der Waals surface area (Å²) < 4.78 is 123. The van der Waals surface area contributed by atoms with Crippen molar-refractivity contribution in [1.82, 2.24) is 25.4 Å². The van der Waals surface area contributed by atoms with Crippen LogP contribution < -0.4 is 26.8 Å². The number of thiocarbonyl (C=S) groups is 1. The Hall–Kier alpha value is -7.70. The molecule has 10 N–H and O–H groups in total. The van der Waals surface area contributed by atoms with Gasteiger partial charge >= 0.3 is 5.97 Å². The zero-order valence-corrected chi connectivity index (χ0v) is 77.8. The summed E-state index contributed by atoms with van der Waals surface area (Å²) in [5, 5.41) is 52.4. The molecule has 1 saturated carbocycles. The average Bonchev–Trinajstić information content (AvgIpc) is 0.985. The number of cyclic esters (lactones) is 1. The Labute approximate surface area is 763 Å². The highest BCUT2D eigenvalue weighted by Crippen LogP contribution is 2.39. The lowest BCUT2D eigenvalue weighted by Crippen LogP contribution is -2.61. The molecule has 4 aliphatic heterocycles. The van der Waals surface area contributed by atoms with Gasteiger partial charge in [-0.25, -0.2) is 22.6 Å². The number of allylic oxidation sites excluding steroid dienone is 5. The fourth-order valence-corrected chi connectivity index (χ4v) is 17.8. The van der Waals surface area contributed by atoms with Crippen LogP contribution in [0.15, 0.2) is 101 Å². The SMILES string of the molecule is CO[C@H]1C[C@@H]2CC[C@@H](C)[C@@](O)(O2)C(=O)C(=O)N2CCCC[C@H]2C(=O)O[C@H]([C@H](N)C[C@@H]2CC[C@@H](OC(=S)NCCOCCOCCOCCOCCOCCOCCOCCOCCC(=O)NCCS(=O)(=O)c3ccc(C(=O)N4CCOc5ccc(-c6ccc(N)nc6)cc5C4)c(C)c3F)[C@H](OC)C2)C[C@@H](O)[C@H](C)/C=C(\C)[C@@H](O)[C@@H](O)C(=O)[C@H](C)C[C@H](C)/C=C/C=CC=C1C. The predicted molar refractivity (Wildman–Crippen MR) is 481 cm³/mol. The molecule has 8 rings (SSSR count). The van der Waals surface area contributed by atoms with E-state index < -0.39 is 146 Å². The highest BCUT2D eigenvalue weighted by molar-refractivity contribution is 7.91. The summed E-state index contributed by atoms with van der Waals surface area (Å²) in [4.78, 5) is 89.7. The number of halogens is 1. The topological polar surface area (TPSA) is 442 Å². The van der Waals surface area contributed by atoms with E-state index in [2.05, 4.69) is 15.6 Å². The molecule has 0 spiro atoms. The van der Waals surface area contributed by atoms with E-state index in [9.17, 15) is 57.6 Å². The second-order valence-electron chi connectivity index (χ2n) is 33.8. The first-order valence-electron chi connectivity index (χ1n) is 45.0. The number of benzene rings is 2. The molecule has 129 heavy (non-hydrogen) atoms. The number of methoxy groups -OCH3 is 2. The van der Waals surface area contributed by atoms with Crippen molar-refractivity contribution in [2.24, 2.45) is 35.3 Å². The molecule has 720 valence electrons. The van der Waals surface area contributed by atoms with Crippen LogP contribution in [0.1, 0.15) is 146 Å². The number of hydrogen-bond donors (Lipinski definition) is 8. The summed E-state index contributed by atoms with van der Waals surface area (Å²) >= 11 is 5.58. The minimum Gasteiger partial charge on any atom is -0.491 e. The third kappa shape index (κ3) is 33.8. The van der Waals surface area contributed by atoms with E-state index in [0.29, 0.717) is 162 Å². The maximum atomic E-state index is 15.8. The Bertz CT molecular complexity index is 4300. The number of ketones is 2. The fraction of sp³-hybridized carbons (Fsp3) is 0.656. The van der Waals surface area contributed by atoms with Crippen LogP contribution in [0, 0.1) is 42.3 Å². The number of carbonyl (C=O) groups is 6. The van der Waals surface area contributed by atoms with Gasteiger partial charge in [-0.2, -0.15) is 0 Å². The number of aliphatic hydroxyl groups excluding tert-OH is 3. The number of aliphatic hydroxyl groups is 4. The number of Topliss-reactive ketones (excluding diaryl/α,β-unsaturated/α-hetero) is 2. The van der Waals surface area contributed by atoms with Crippen molar-refractivity contribution in [2.75, 3.05) is 164 Å². The molecule has 3 amide bonds. The Kier molecular flexibility index (Phi) is 45.5. The number of pyridine rings is 1. The van der Waals surface area contributed by atoms with Gasteiger partial charge in [-0.15, -0.1) is 0 Å². The third-order valence-corrected chi connectivity index (χ3v) is 26.0. The Morgan fingerprint density at radius 3 is 1.98 bits per heavy atom. The maximum Gasteiger partial charge on any atom is 0.329 e. The van der Waals surface area contributed by atoms with Gasteiger partial charge in [-0.1, -0.05) is 70.2 Å². The smallest absolute Gasteiger partial charge is 0.329 e. The van der Waals surface area contributed by atoms with Gasteiger partial charge in [0.15, 0.2) is 15.6 Å². The molecule has 0 radical (unpaired) electrons. The van der Waals surface area contributed by atoms with Crippen LogP contribution in [-0.4, -0.2) is 309 Å². The molecule has 3 aromatic rings. The maximum absolute atomic E-state index is 15.8. The number of aromatic nitrogens is 1. The predicted octanol–water partition coefficient (Wildman–Crippen LogP) is 7.15. The van der Waals surface area contributed by atoms with Crippen molar-refractivity contribution in [3.63, 3.8) is 0 Å². The molecular formula is C93H138FN7O26S2. The molecule has 1 aliphatic carbocycles. The number of nitrogens with two attached hydrogens (primary N) is 2. The standard InChI is InChI=1S/C93H138FN7O26S2/c1-60-15-11-10-12-16-61(2)78(114-8)56-71-22-18-65(6)93(111,127-71)88(107)90(109)101-31-14-13-17-74(101)91(110)125-79(57-75(102)62(3)52-64(5)86(105)87(106)85(104)63(4)51-60)73(95)53-67-19-24-77(80(54-67)115-9)126-92(128)98-29-34-117-37-39-119-41-43-121-45-47-123-49-48-122-46-44-120-42-40-118-38-36-116-33-28-83(103)97-30-50-129(112,113)81-26-23-72(66(7)84(81)94)89(108)100-32-35-124-76-25-20-68(55-70(76)59-100)69-21-27-82(96)99-58-69/h10-12,15-16,20-21,23,25-27,52,55,58,60,62-63,65,67,71,73-75,77-80,86-87,102,105-106,111H,13-14,17-19,22,24,28-51,53-54,56-57,59,95H2,1-9H3,(H2,96,99)(H,97,103)(H,98,128)/b12-10?,15-11+,61-16?,64-52+/t60-,62-,63-,65-,67+,71+,73-,74+,75-,77-,78+,79+,80-,86-,87+,93-/m1/s1. The van der Waals surface area contributed by atoms with Gasteiger partial charge in [0.25, 0.3) is 22.8 Å². The third-order valence-electron chi connectivity index (χ3n) is 24.1. The summed E-state index contributed by atoms with van der Waals surface area (Å²) in [6.07, 6.45) is 9.29. The molecule has 1 aromatic heterocycles. The zero-order valence-electron chi connectivity index (χ0n) is 76.2. The van der Waals surface area contributed by atoms with E-state index in [-0.39, 0.29) is 112 Å². The van der Waals surface area contributed by atoms with Gasteiger partial charge in [0.2, 0.25) is 11.7 Å². The van der Waals surface area contributed by atoms with E-state index in [1.165, 1.54) is 17.9 Å². The quantitative estimate of drug-likeness (QED) is 0.00923. The summed E-state index contributed by atoms with van der Waals surface area (Å²) in [7, 11) is -1.05. The van der Waals surface area contributed by atoms with E-state index >= 15 is 4.39 Å². The largest absolute Gasteiger partial charge is 0.491 e. The average molecular weight is 1850 g/mol. The number of anilines is 1. The van der Waals surface area contributed by atoms with Crippen LogP contribution >= 0.6 is 12.2 Å². The number of amides is 3. The molecule has 0 unspecified atom stereocenters. The second-order valence-corrected chi connectivity index (χ2v) is 36.3. The van der Waals surface area contributed by atoms with E-state index in [4.69, 9.17) is 90.0 Å². The summed E-state index contributed by atoms with van der Waals surface area (Å²) in [5.41, 5.74) is 16.2. The number of nitrogens with zero attached hydrogens (tertiary/aromatic N) is 3. The summed E-state index contributed by atoms with van der Waals surface area (Å²) in [6, 6.07) is 9.42. The molecule has 36 heteroatoms. The normalized spacial score (nSPS) is 26.7. The molecule has 5 aliphatic rings. The number of nitrogens with one attached hydrogen (secondary N) is 2. The van der Waals surface area contributed by atoms with Crippen LogP contribution in [-0.2, 0) is 102 Å². The van der Waals surface area contributed by atoms with Crippen molar-refractivity contribution in [2.45, 2.75) is 210 Å². The monoisotopic (exact) mass is 1850 g/mol. The van der Waals surface area contributed by atoms with Crippen LogP contribution in [0.25, 0.3) is 11.1 Å². The van der Waals surface area contributed by atoms with Gasteiger partial charge in [-0.05, 0) is 168 Å². The van der Waals surface area contributed by atoms with Crippen molar-refractivity contribution >= 4 is 68.3 Å². The molecule has 16 atom stereocenters. The molecule has 2 bridgehead atoms. The number of hydrogen-bond acceptors (Lipinski definition) is 30.